The highest BCUT2D eigenvalue weighted by molar-refractivity contribution is 6.05. The highest BCUT2D eigenvalue weighted by atomic mass is 19.1. The van der Waals surface area contributed by atoms with Crippen LogP contribution in [0, 0.1) is 17.5 Å². The summed E-state index contributed by atoms with van der Waals surface area (Å²) in [6.07, 6.45) is 0. The van der Waals surface area contributed by atoms with Crippen LogP contribution in [-0.4, -0.2) is 25.0 Å². The van der Waals surface area contributed by atoms with Gasteiger partial charge in [0, 0.05) is 17.3 Å². The summed E-state index contributed by atoms with van der Waals surface area (Å²) < 4.78 is 45.7. The van der Waals surface area contributed by atoms with E-state index in [4.69, 9.17) is 4.74 Å². The van der Waals surface area contributed by atoms with E-state index in [1.54, 1.807) is 12.1 Å². The Hall–Kier alpha value is -4.01. The Bertz CT molecular complexity index is 1150. The van der Waals surface area contributed by atoms with Crippen LogP contribution in [0.3, 0.4) is 0 Å². The second-order valence-electron chi connectivity index (χ2n) is 6.86. The third kappa shape index (κ3) is 5.57. The molecule has 0 bridgehead atoms. The summed E-state index contributed by atoms with van der Waals surface area (Å²) in [4.78, 5) is 24.8. The van der Waals surface area contributed by atoms with Gasteiger partial charge in [0.25, 0.3) is 5.91 Å². The van der Waals surface area contributed by atoms with Crippen LogP contribution in [0.2, 0.25) is 0 Å². The summed E-state index contributed by atoms with van der Waals surface area (Å²) in [5.41, 5.74) is 0.579. The van der Waals surface area contributed by atoms with Crippen molar-refractivity contribution in [3.05, 3.63) is 83.7 Å². The molecule has 0 aliphatic carbocycles. The van der Waals surface area contributed by atoms with Crippen LogP contribution in [0.25, 0.3) is 0 Å². The summed E-state index contributed by atoms with van der Waals surface area (Å²) in [5, 5.41) is 7.87. The van der Waals surface area contributed by atoms with Gasteiger partial charge in [-0.2, -0.15) is 0 Å². The largest absolute Gasteiger partial charge is 0.495 e. The van der Waals surface area contributed by atoms with Gasteiger partial charge in [0.2, 0.25) is 5.91 Å². The Balaban J connectivity index is 1.73. The standard InChI is InChI=1S/C23H20F3N3O3/c1-13(22(30)28-19-11-16(25)6-8-18(19)26)27-17-7-9-21(32-2)20(12-17)29-23(31)14-4-3-5-15(24)10-14/h3-13,27H,1-2H3,(H,28,30)(H,29,31). The van der Waals surface area contributed by atoms with Gasteiger partial charge >= 0.3 is 0 Å². The summed E-state index contributed by atoms with van der Waals surface area (Å²) in [6, 6.07) is 11.8. The lowest BCUT2D eigenvalue weighted by Crippen LogP contribution is -2.32. The van der Waals surface area contributed by atoms with Crippen LogP contribution < -0.4 is 20.7 Å². The minimum Gasteiger partial charge on any atom is -0.495 e. The maximum atomic E-state index is 13.8. The minimum atomic E-state index is -0.835. The molecule has 9 heteroatoms. The van der Waals surface area contributed by atoms with Crippen molar-refractivity contribution in [2.75, 3.05) is 23.1 Å². The molecule has 3 aromatic rings. The zero-order valence-electron chi connectivity index (χ0n) is 17.2. The van der Waals surface area contributed by atoms with E-state index in [9.17, 15) is 22.8 Å². The van der Waals surface area contributed by atoms with E-state index in [1.807, 2.05) is 0 Å². The number of hydrogen-bond acceptors (Lipinski definition) is 4. The number of nitrogens with one attached hydrogen (secondary N) is 3. The molecule has 3 N–H and O–H groups in total. The molecular formula is C23H20F3N3O3. The molecule has 0 heterocycles. The Labute approximate surface area is 182 Å². The molecule has 0 spiro atoms. The molecule has 32 heavy (non-hydrogen) atoms. The summed E-state index contributed by atoms with van der Waals surface area (Å²) in [6.45, 7) is 1.53. The van der Waals surface area contributed by atoms with Crippen molar-refractivity contribution in [2.24, 2.45) is 0 Å². The first kappa shape index (κ1) is 22.7. The molecule has 166 valence electrons. The number of carbonyl (C=O) groups excluding carboxylic acids is 2. The first-order valence-corrected chi connectivity index (χ1v) is 9.54. The molecule has 1 atom stereocenters. The van der Waals surface area contributed by atoms with Crippen molar-refractivity contribution >= 4 is 28.9 Å². The molecule has 3 rings (SSSR count). The zero-order valence-corrected chi connectivity index (χ0v) is 17.2. The number of methoxy groups -OCH3 is 1. The van der Waals surface area contributed by atoms with Gasteiger partial charge in [0.1, 0.15) is 29.2 Å². The number of rotatable bonds is 7. The molecule has 1 unspecified atom stereocenters. The molecule has 0 aromatic heterocycles. The van der Waals surface area contributed by atoms with Crippen LogP contribution in [0.1, 0.15) is 17.3 Å². The molecule has 0 saturated carbocycles. The zero-order chi connectivity index (χ0) is 23.3. The quantitative estimate of drug-likeness (QED) is 0.490. The minimum absolute atomic E-state index is 0.121. The Kier molecular flexibility index (Phi) is 6.99. The number of hydrogen-bond donors (Lipinski definition) is 3. The monoisotopic (exact) mass is 443 g/mol. The van der Waals surface area contributed by atoms with E-state index >= 15 is 0 Å². The van der Waals surface area contributed by atoms with Crippen molar-refractivity contribution in [2.45, 2.75) is 13.0 Å². The molecule has 3 aromatic carbocycles. The van der Waals surface area contributed by atoms with E-state index in [1.165, 1.54) is 38.3 Å². The van der Waals surface area contributed by atoms with Gasteiger partial charge in [-0.05, 0) is 55.5 Å². The molecule has 0 fully saturated rings. The van der Waals surface area contributed by atoms with Crippen molar-refractivity contribution in [1.29, 1.82) is 0 Å². The van der Waals surface area contributed by atoms with E-state index < -0.39 is 35.3 Å². The lowest BCUT2D eigenvalue weighted by molar-refractivity contribution is -0.116. The molecule has 2 amide bonds. The average Bonchev–Trinajstić information content (AvgIpc) is 2.76. The van der Waals surface area contributed by atoms with Gasteiger partial charge in [-0.3, -0.25) is 9.59 Å². The van der Waals surface area contributed by atoms with Crippen molar-refractivity contribution < 1.29 is 27.5 Å². The van der Waals surface area contributed by atoms with Crippen LogP contribution >= 0.6 is 0 Å². The van der Waals surface area contributed by atoms with Crippen LogP contribution in [0.4, 0.5) is 30.2 Å². The Morgan fingerprint density at radius 1 is 0.875 bits per heavy atom. The maximum absolute atomic E-state index is 13.8. The lowest BCUT2D eigenvalue weighted by atomic mass is 10.2. The predicted octanol–water partition coefficient (Wildman–Crippen LogP) is 4.80. The normalized spacial score (nSPS) is 11.4. The van der Waals surface area contributed by atoms with E-state index in [0.29, 0.717) is 11.4 Å². The van der Waals surface area contributed by atoms with Gasteiger partial charge in [-0.25, -0.2) is 13.2 Å². The first-order chi connectivity index (χ1) is 15.3. The predicted molar refractivity (Wildman–Crippen MR) is 115 cm³/mol. The number of amides is 2. The molecule has 6 nitrogen and oxygen atoms in total. The number of benzene rings is 3. The fraction of sp³-hybridized carbons (Fsp3) is 0.130. The number of carbonyl (C=O) groups is 2. The van der Waals surface area contributed by atoms with Crippen LogP contribution in [-0.2, 0) is 4.79 Å². The van der Waals surface area contributed by atoms with Gasteiger partial charge in [-0.15, -0.1) is 0 Å². The Morgan fingerprint density at radius 3 is 2.34 bits per heavy atom. The van der Waals surface area contributed by atoms with Gasteiger partial charge in [-0.1, -0.05) is 6.07 Å². The Morgan fingerprint density at radius 2 is 1.62 bits per heavy atom. The second-order valence-corrected chi connectivity index (χ2v) is 6.86. The molecule has 0 aliphatic rings. The number of ether oxygens (including phenoxy) is 1. The molecular weight excluding hydrogens is 423 g/mol. The summed E-state index contributed by atoms with van der Waals surface area (Å²) >= 11 is 0. The van der Waals surface area contributed by atoms with Gasteiger partial charge in [0.05, 0.1) is 18.5 Å². The van der Waals surface area contributed by atoms with Crippen molar-refractivity contribution in [1.82, 2.24) is 0 Å². The van der Waals surface area contributed by atoms with E-state index in [0.717, 1.165) is 24.3 Å². The van der Waals surface area contributed by atoms with Crippen molar-refractivity contribution in [3.8, 4) is 5.75 Å². The number of halogens is 3. The van der Waals surface area contributed by atoms with Crippen LogP contribution in [0.15, 0.2) is 60.7 Å². The first-order valence-electron chi connectivity index (χ1n) is 9.54. The molecule has 0 aliphatic heterocycles. The van der Waals surface area contributed by atoms with Crippen LogP contribution in [0.5, 0.6) is 5.75 Å². The highest BCUT2D eigenvalue weighted by Gasteiger charge is 2.17. The topological polar surface area (TPSA) is 79.5 Å². The summed E-state index contributed by atoms with van der Waals surface area (Å²) in [5.74, 6) is -2.80. The third-order valence-corrected chi connectivity index (χ3v) is 4.50. The third-order valence-electron chi connectivity index (χ3n) is 4.50. The van der Waals surface area contributed by atoms with Gasteiger partial charge in [0.15, 0.2) is 0 Å². The SMILES string of the molecule is COc1ccc(NC(C)C(=O)Nc2cc(F)ccc2F)cc1NC(=O)c1cccc(F)c1. The fourth-order valence-corrected chi connectivity index (χ4v) is 2.87. The van der Waals surface area contributed by atoms with E-state index in [-0.39, 0.29) is 16.9 Å². The van der Waals surface area contributed by atoms with Gasteiger partial charge < -0.3 is 20.7 Å². The molecule has 0 saturated heterocycles. The highest BCUT2D eigenvalue weighted by Crippen LogP contribution is 2.29. The number of anilines is 3. The summed E-state index contributed by atoms with van der Waals surface area (Å²) in [7, 11) is 1.42. The molecule has 0 radical (unpaired) electrons. The van der Waals surface area contributed by atoms with Crippen molar-refractivity contribution in [3.63, 3.8) is 0 Å². The average molecular weight is 443 g/mol. The lowest BCUT2D eigenvalue weighted by Gasteiger charge is -2.18. The maximum Gasteiger partial charge on any atom is 0.255 e. The second kappa shape index (κ2) is 9.86. The smallest absolute Gasteiger partial charge is 0.255 e. The van der Waals surface area contributed by atoms with E-state index in [2.05, 4.69) is 16.0 Å². The fourth-order valence-electron chi connectivity index (χ4n) is 2.87.